The Bertz CT molecular complexity index is 997. The quantitative estimate of drug-likeness (QED) is 0.674. The highest BCUT2D eigenvalue weighted by molar-refractivity contribution is 7.13. The Morgan fingerprint density at radius 2 is 2.21 bits per heavy atom. The van der Waals surface area contributed by atoms with Crippen LogP contribution in [-0.2, 0) is 4.79 Å². The third-order valence-electron chi connectivity index (χ3n) is 4.40. The molecule has 0 aliphatic carbocycles. The number of ether oxygens (including phenoxy) is 1. The Morgan fingerprint density at radius 1 is 1.32 bits per heavy atom. The first kappa shape index (κ1) is 18.2. The standard InChI is InChI=1S/C20H19N3O4S/c1-2-3-8-23-15-10-13(6-7-16(15)26-12-19(23)24)21-20(25)14-11-17(27-22-14)18-5-4-9-28-18/h4-7,9-11H,2-3,8,12H2,1H3,(H,21,25). The molecule has 0 saturated carbocycles. The molecule has 0 radical (unpaired) electrons. The summed E-state index contributed by atoms with van der Waals surface area (Å²) in [6, 6.07) is 10.7. The molecule has 1 aliphatic heterocycles. The molecule has 3 heterocycles. The highest BCUT2D eigenvalue weighted by Crippen LogP contribution is 2.35. The van der Waals surface area contributed by atoms with E-state index in [-0.39, 0.29) is 24.1 Å². The fourth-order valence-electron chi connectivity index (χ4n) is 2.95. The highest BCUT2D eigenvalue weighted by atomic mass is 32.1. The number of amides is 2. The Balaban J connectivity index is 1.53. The molecule has 7 nitrogen and oxygen atoms in total. The average Bonchev–Trinajstić information content (AvgIpc) is 3.39. The summed E-state index contributed by atoms with van der Waals surface area (Å²) in [4.78, 5) is 27.4. The van der Waals surface area contributed by atoms with Crippen LogP contribution in [0.25, 0.3) is 10.6 Å². The van der Waals surface area contributed by atoms with Gasteiger partial charge >= 0.3 is 0 Å². The first-order valence-electron chi connectivity index (χ1n) is 9.05. The molecule has 4 rings (SSSR count). The molecule has 0 atom stereocenters. The maximum absolute atomic E-state index is 12.5. The number of fused-ring (bicyclic) bond motifs is 1. The van der Waals surface area contributed by atoms with Gasteiger partial charge in [-0.3, -0.25) is 9.59 Å². The molecule has 0 unspecified atom stereocenters. The van der Waals surface area contributed by atoms with Crippen molar-refractivity contribution in [2.45, 2.75) is 19.8 Å². The molecule has 0 spiro atoms. The minimum absolute atomic E-state index is 0.0346. The van der Waals surface area contributed by atoms with Crippen LogP contribution in [0.5, 0.6) is 5.75 Å². The van der Waals surface area contributed by atoms with Crippen molar-refractivity contribution in [2.24, 2.45) is 0 Å². The summed E-state index contributed by atoms with van der Waals surface area (Å²) in [7, 11) is 0. The van der Waals surface area contributed by atoms with Gasteiger partial charge in [-0.25, -0.2) is 0 Å². The molecule has 0 saturated heterocycles. The van der Waals surface area contributed by atoms with Gasteiger partial charge in [-0.15, -0.1) is 11.3 Å². The number of thiophene rings is 1. The third kappa shape index (κ3) is 3.63. The lowest BCUT2D eigenvalue weighted by molar-refractivity contribution is -0.121. The van der Waals surface area contributed by atoms with E-state index in [0.717, 1.165) is 17.7 Å². The van der Waals surface area contributed by atoms with Gasteiger partial charge < -0.3 is 19.5 Å². The minimum atomic E-state index is -0.380. The van der Waals surface area contributed by atoms with Gasteiger partial charge in [0.05, 0.1) is 10.6 Å². The normalized spacial score (nSPS) is 13.2. The molecule has 8 heteroatoms. The number of hydrogen-bond donors (Lipinski definition) is 1. The lowest BCUT2D eigenvalue weighted by Gasteiger charge is -2.29. The summed E-state index contributed by atoms with van der Waals surface area (Å²) < 4.78 is 10.8. The van der Waals surface area contributed by atoms with Crippen molar-refractivity contribution in [2.75, 3.05) is 23.4 Å². The molecule has 2 aromatic heterocycles. The number of nitrogens with zero attached hydrogens (tertiary/aromatic N) is 2. The molecule has 1 aliphatic rings. The Morgan fingerprint density at radius 3 is 3.00 bits per heavy atom. The van der Waals surface area contributed by atoms with Crippen LogP contribution in [0.15, 0.2) is 46.3 Å². The number of rotatable bonds is 6. The number of anilines is 2. The molecule has 1 aromatic carbocycles. The average molecular weight is 397 g/mol. The van der Waals surface area contributed by atoms with Gasteiger partial charge in [0.1, 0.15) is 5.75 Å². The molecular weight excluding hydrogens is 378 g/mol. The number of carbonyl (C=O) groups is 2. The summed E-state index contributed by atoms with van der Waals surface area (Å²) in [5.74, 6) is 0.724. The largest absolute Gasteiger partial charge is 0.482 e. The zero-order chi connectivity index (χ0) is 19.5. The molecule has 28 heavy (non-hydrogen) atoms. The number of benzene rings is 1. The van der Waals surface area contributed by atoms with E-state index in [1.807, 2.05) is 17.5 Å². The van der Waals surface area contributed by atoms with Crippen molar-refractivity contribution in [1.82, 2.24) is 5.16 Å². The minimum Gasteiger partial charge on any atom is -0.482 e. The first-order valence-corrected chi connectivity index (χ1v) is 9.93. The van der Waals surface area contributed by atoms with E-state index >= 15 is 0 Å². The van der Waals surface area contributed by atoms with Crippen molar-refractivity contribution >= 4 is 34.5 Å². The van der Waals surface area contributed by atoms with Crippen molar-refractivity contribution in [3.05, 3.63) is 47.5 Å². The van der Waals surface area contributed by atoms with Gasteiger partial charge in [-0.1, -0.05) is 24.6 Å². The van der Waals surface area contributed by atoms with E-state index in [2.05, 4.69) is 17.4 Å². The monoisotopic (exact) mass is 397 g/mol. The maximum atomic E-state index is 12.5. The predicted molar refractivity (Wildman–Crippen MR) is 107 cm³/mol. The summed E-state index contributed by atoms with van der Waals surface area (Å²) in [6.45, 7) is 2.73. The van der Waals surface area contributed by atoms with Crippen LogP contribution in [0.3, 0.4) is 0 Å². The second kappa shape index (κ2) is 7.85. The van der Waals surface area contributed by atoms with Gasteiger partial charge in [0.2, 0.25) is 0 Å². The highest BCUT2D eigenvalue weighted by Gasteiger charge is 2.25. The zero-order valence-corrected chi connectivity index (χ0v) is 16.1. The van der Waals surface area contributed by atoms with E-state index in [4.69, 9.17) is 9.26 Å². The van der Waals surface area contributed by atoms with Gasteiger partial charge in [0.25, 0.3) is 11.8 Å². The third-order valence-corrected chi connectivity index (χ3v) is 5.29. The van der Waals surface area contributed by atoms with Crippen LogP contribution in [0.4, 0.5) is 11.4 Å². The van der Waals surface area contributed by atoms with E-state index in [0.29, 0.717) is 29.4 Å². The molecule has 1 N–H and O–H groups in total. The molecule has 0 fully saturated rings. The van der Waals surface area contributed by atoms with E-state index in [1.165, 1.54) is 11.3 Å². The predicted octanol–water partition coefficient (Wildman–Crippen LogP) is 4.18. The number of carbonyl (C=O) groups excluding carboxylic acids is 2. The topological polar surface area (TPSA) is 84.7 Å². The van der Waals surface area contributed by atoms with Gasteiger partial charge in [-0.05, 0) is 36.1 Å². The van der Waals surface area contributed by atoms with Crippen LogP contribution in [0, 0.1) is 0 Å². The fraction of sp³-hybridized carbons (Fsp3) is 0.250. The lowest BCUT2D eigenvalue weighted by atomic mass is 10.2. The van der Waals surface area contributed by atoms with Crippen LogP contribution in [-0.4, -0.2) is 30.1 Å². The SMILES string of the molecule is CCCCN1C(=O)COc2ccc(NC(=O)c3cc(-c4cccs4)on3)cc21. The van der Waals surface area contributed by atoms with Crippen molar-refractivity contribution < 1.29 is 18.8 Å². The van der Waals surface area contributed by atoms with Crippen molar-refractivity contribution in [1.29, 1.82) is 0 Å². The second-order valence-electron chi connectivity index (χ2n) is 6.38. The summed E-state index contributed by atoms with van der Waals surface area (Å²) in [5.41, 5.74) is 1.42. The molecule has 2 amide bonds. The summed E-state index contributed by atoms with van der Waals surface area (Å²) in [6.07, 6.45) is 1.88. The Hall–Kier alpha value is -3.13. The molecule has 3 aromatic rings. The van der Waals surface area contributed by atoms with Crippen LogP contribution in [0.2, 0.25) is 0 Å². The Labute approximate surface area is 165 Å². The van der Waals surface area contributed by atoms with Gasteiger partial charge in [0, 0.05) is 18.3 Å². The van der Waals surface area contributed by atoms with E-state index in [9.17, 15) is 9.59 Å². The van der Waals surface area contributed by atoms with Gasteiger partial charge in [-0.2, -0.15) is 0 Å². The molecule has 0 bridgehead atoms. The van der Waals surface area contributed by atoms with Crippen LogP contribution in [0.1, 0.15) is 30.3 Å². The number of hydrogen-bond acceptors (Lipinski definition) is 6. The van der Waals surface area contributed by atoms with E-state index in [1.54, 1.807) is 29.2 Å². The summed E-state index contributed by atoms with van der Waals surface area (Å²) in [5, 5.41) is 8.59. The van der Waals surface area contributed by atoms with Crippen molar-refractivity contribution in [3.8, 4) is 16.4 Å². The number of nitrogens with one attached hydrogen (secondary N) is 1. The van der Waals surface area contributed by atoms with Gasteiger partial charge in [0.15, 0.2) is 18.1 Å². The number of aromatic nitrogens is 1. The zero-order valence-electron chi connectivity index (χ0n) is 15.3. The molecule has 144 valence electrons. The number of unbranched alkanes of at least 4 members (excludes halogenated alkanes) is 1. The van der Waals surface area contributed by atoms with Crippen LogP contribution < -0.4 is 15.0 Å². The second-order valence-corrected chi connectivity index (χ2v) is 7.33. The maximum Gasteiger partial charge on any atom is 0.277 e. The molecular formula is C20H19N3O4S. The first-order chi connectivity index (χ1) is 13.7. The van der Waals surface area contributed by atoms with E-state index < -0.39 is 0 Å². The fourth-order valence-corrected chi connectivity index (χ4v) is 3.63. The Kier molecular flexibility index (Phi) is 5.12. The van der Waals surface area contributed by atoms with Crippen LogP contribution >= 0.6 is 11.3 Å². The summed E-state index contributed by atoms with van der Waals surface area (Å²) >= 11 is 1.51. The smallest absolute Gasteiger partial charge is 0.277 e. The van der Waals surface area contributed by atoms with Crippen molar-refractivity contribution in [3.63, 3.8) is 0 Å². The lowest BCUT2D eigenvalue weighted by Crippen LogP contribution is -2.39.